The van der Waals surface area contributed by atoms with Crippen molar-refractivity contribution in [1.82, 2.24) is 0 Å². The fraction of sp³-hybridized carbons (Fsp3) is 0.900. The highest BCUT2D eigenvalue weighted by atomic mass is 16.5. The quantitative estimate of drug-likeness (QED) is 0.311. The van der Waals surface area contributed by atoms with Gasteiger partial charge in [-0.25, -0.2) is 0 Å². The molecule has 0 aromatic carbocycles. The van der Waals surface area contributed by atoms with E-state index in [0.717, 1.165) is 25.7 Å². The highest BCUT2D eigenvalue weighted by Gasteiger charge is 2.08. The highest BCUT2D eigenvalue weighted by molar-refractivity contribution is 5.69. The Morgan fingerprint density at radius 2 is 1.29 bits per heavy atom. The molecule has 4 nitrogen and oxygen atoms in total. The van der Waals surface area contributed by atoms with Crippen LogP contribution in [0.1, 0.15) is 104 Å². The Labute approximate surface area is 149 Å². The number of carboxylic acids is 1. The van der Waals surface area contributed by atoms with Crippen molar-refractivity contribution in [3.63, 3.8) is 0 Å². The maximum Gasteiger partial charge on any atom is 0.306 e. The fourth-order valence-corrected chi connectivity index (χ4v) is 2.32. The Bertz CT molecular complexity index is 289. The summed E-state index contributed by atoms with van der Waals surface area (Å²) in [5.74, 6) is -0.911. The molecule has 0 aromatic rings. The Morgan fingerprint density at radius 3 is 1.71 bits per heavy atom. The standard InChI is InChI=1S/C13H26O2.C7H14O2/c1-3-4-5-6-7-8-9-10-11-12-13(14)15-2;1-3-4-5-6(2)7(8)9/h3-12H2,1-2H3;6H,3-5H2,1-2H3,(H,8,9). The number of unbranched alkanes of at least 4 members (excludes halogenated alkanes) is 9. The van der Waals surface area contributed by atoms with Crippen LogP contribution in [0.2, 0.25) is 0 Å². The topological polar surface area (TPSA) is 63.6 Å². The molecule has 0 aliphatic carbocycles. The minimum atomic E-state index is -0.677. The summed E-state index contributed by atoms with van der Waals surface area (Å²) in [4.78, 5) is 21.0. The number of carbonyl (C=O) groups is 2. The van der Waals surface area contributed by atoms with E-state index in [-0.39, 0.29) is 11.9 Å². The lowest BCUT2D eigenvalue weighted by Crippen LogP contribution is -2.08. The molecule has 0 heterocycles. The van der Waals surface area contributed by atoms with E-state index in [2.05, 4.69) is 18.6 Å². The monoisotopic (exact) mass is 344 g/mol. The normalized spacial score (nSPS) is 11.3. The maximum absolute atomic E-state index is 10.8. The third kappa shape index (κ3) is 20.9. The maximum atomic E-state index is 10.8. The van der Waals surface area contributed by atoms with Crippen LogP contribution in [0, 0.1) is 5.92 Å². The van der Waals surface area contributed by atoms with Crippen molar-refractivity contribution in [3.05, 3.63) is 0 Å². The summed E-state index contributed by atoms with van der Waals surface area (Å²) in [5, 5.41) is 8.41. The number of esters is 1. The molecule has 0 rings (SSSR count). The molecule has 0 aliphatic rings. The summed E-state index contributed by atoms with van der Waals surface area (Å²) in [6.45, 7) is 6.05. The number of aliphatic carboxylic acids is 1. The zero-order chi connectivity index (χ0) is 18.6. The largest absolute Gasteiger partial charge is 0.481 e. The van der Waals surface area contributed by atoms with Crippen LogP contribution in [0.3, 0.4) is 0 Å². The van der Waals surface area contributed by atoms with Crippen LogP contribution in [0.15, 0.2) is 0 Å². The molecule has 0 aliphatic heterocycles. The molecule has 1 unspecified atom stereocenters. The molecule has 0 saturated carbocycles. The third-order valence-electron chi connectivity index (χ3n) is 4.12. The van der Waals surface area contributed by atoms with Gasteiger partial charge in [0.2, 0.25) is 0 Å². The molecule has 4 heteroatoms. The summed E-state index contributed by atoms with van der Waals surface area (Å²) < 4.78 is 4.58. The van der Waals surface area contributed by atoms with E-state index in [9.17, 15) is 9.59 Å². The summed E-state index contributed by atoms with van der Waals surface area (Å²) in [6, 6.07) is 0. The number of ether oxygens (including phenoxy) is 1. The van der Waals surface area contributed by atoms with E-state index in [1.807, 2.05) is 0 Å². The molecular formula is C20H40O4. The number of hydrogen-bond donors (Lipinski definition) is 1. The summed E-state index contributed by atoms with van der Waals surface area (Å²) >= 11 is 0. The first-order chi connectivity index (χ1) is 11.5. The van der Waals surface area contributed by atoms with Crippen molar-refractivity contribution in [3.8, 4) is 0 Å². The van der Waals surface area contributed by atoms with Crippen LogP contribution in [-0.4, -0.2) is 24.2 Å². The van der Waals surface area contributed by atoms with Gasteiger partial charge in [-0.1, -0.05) is 85.0 Å². The van der Waals surface area contributed by atoms with E-state index < -0.39 is 5.97 Å². The minimum Gasteiger partial charge on any atom is -0.481 e. The minimum absolute atomic E-state index is 0.0713. The molecule has 0 fully saturated rings. The van der Waals surface area contributed by atoms with Gasteiger partial charge in [-0.3, -0.25) is 9.59 Å². The Morgan fingerprint density at radius 1 is 0.833 bits per heavy atom. The van der Waals surface area contributed by atoms with Crippen molar-refractivity contribution >= 4 is 11.9 Å². The molecule has 24 heavy (non-hydrogen) atoms. The summed E-state index contributed by atoms with van der Waals surface area (Å²) in [5.41, 5.74) is 0. The van der Waals surface area contributed by atoms with Gasteiger partial charge in [-0.05, 0) is 12.8 Å². The number of rotatable bonds is 14. The molecule has 0 spiro atoms. The SMILES string of the molecule is CCCCC(C)C(=O)O.CCCCCCCCCCCC(=O)OC. The van der Waals surface area contributed by atoms with Gasteiger partial charge < -0.3 is 9.84 Å². The number of methoxy groups -OCH3 is 1. The lowest BCUT2D eigenvalue weighted by Gasteiger charge is -2.02. The van der Waals surface area contributed by atoms with Crippen molar-refractivity contribution in [1.29, 1.82) is 0 Å². The molecule has 1 N–H and O–H groups in total. The zero-order valence-corrected chi connectivity index (χ0v) is 16.4. The molecule has 0 bridgehead atoms. The van der Waals surface area contributed by atoms with Gasteiger partial charge in [0.25, 0.3) is 0 Å². The van der Waals surface area contributed by atoms with Crippen LogP contribution >= 0.6 is 0 Å². The molecule has 0 amide bonds. The van der Waals surface area contributed by atoms with Gasteiger partial charge in [0.1, 0.15) is 0 Å². The van der Waals surface area contributed by atoms with E-state index >= 15 is 0 Å². The highest BCUT2D eigenvalue weighted by Crippen LogP contribution is 2.10. The van der Waals surface area contributed by atoms with Gasteiger partial charge >= 0.3 is 11.9 Å². The first-order valence-corrected chi connectivity index (χ1v) is 9.79. The summed E-state index contributed by atoms with van der Waals surface area (Å²) in [7, 11) is 1.45. The molecule has 1 atom stereocenters. The van der Waals surface area contributed by atoms with Gasteiger partial charge in [0.05, 0.1) is 13.0 Å². The first kappa shape index (κ1) is 25.2. The van der Waals surface area contributed by atoms with Gasteiger partial charge in [0.15, 0.2) is 0 Å². The molecule has 0 saturated heterocycles. The average molecular weight is 345 g/mol. The molecular weight excluding hydrogens is 304 g/mol. The number of carbonyl (C=O) groups excluding carboxylic acids is 1. The number of hydrogen-bond acceptors (Lipinski definition) is 3. The lowest BCUT2D eigenvalue weighted by molar-refractivity contribution is -0.142. The first-order valence-electron chi connectivity index (χ1n) is 9.79. The zero-order valence-electron chi connectivity index (χ0n) is 16.4. The Kier molecular flexibility index (Phi) is 21.0. The molecule has 0 radical (unpaired) electrons. The van der Waals surface area contributed by atoms with Crippen LogP contribution in [0.5, 0.6) is 0 Å². The van der Waals surface area contributed by atoms with Crippen LogP contribution in [-0.2, 0) is 14.3 Å². The molecule has 144 valence electrons. The lowest BCUT2D eigenvalue weighted by atomic mass is 10.1. The second-order valence-electron chi connectivity index (χ2n) is 6.54. The van der Waals surface area contributed by atoms with Gasteiger partial charge in [0, 0.05) is 6.42 Å². The van der Waals surface area contributed by atoms with E-state index in [1.54, 1.807) is 6.92 Å². The van der Waals surface area contributed by atoms with Crippen molar-refractivity contribution < 1.29 is 19.4 Å². The van der Waals surface area contributed by atoms with Crippen LogP contribution in [0.4, 0.5) is 0 Å². The van der Waals surface area contributed by atoms with E-state index in [1.165, 1.54) is 58.5 Å². The van der Waals surface area contributed by atoms with Crippen LogP contribution < -0.4 is 0 Å². The van der Waals surface area contributed by atoms with E-state index in [0.29, 0.717) is 6.42 Å². The average Bonchev–Trinajstić information content (AvgIpc) is 2.58. The predicted molar refractivity (Wildman–Crippen MR) is 100 cm³/mol. The van der Waals surface area contributed by atoms with E-state index in [4.69, 9.17) is 5.11 Å². The summed E-state index contributed by atoms with van der Waals surface area (Å²) in [6.07, 6.45) is 15.1. The van der Waals surface area contributed by atoms with Crippen molar-refractivity contribution in [2.24, 2.45) is 5.92 Å². The second kappa shape index (κ2) is 20.0. The fourth-order valence-electron chi connectivity index (χ4n) is 2.32. The Hall–Kier alpha value is -1.06. The smallest absolute Gasteiger partial charge is 0.306 e. The van der Waals surface area contributed by atoms with Gasteiger partial charge in [-0.15, -0.1) is 0 Å². The van der Waals surface area contributed by atoms with Crippen molar-refractivity contribution in [2.75, 3.05) is 7.11 Å². The third-order valence-corrected chi connectivity index (χ3v) is 4.12. The number of carboxylic acid groups (broad SMARTS) is 1. The molecule has 0 aromatic heterocycles. The predicted octanol–water partition coefficient (Wildman–Crippen LogP) is 5.98. The van der Waals surface area contributed by atoms with Crippen molar-refractivity contribution in [2.45, 2.75) is 104 Å². The van der Waals surface area contributed by atoms with Gasteiger partial charge in [-0.2, -0.15) is 0 Å². The van der Waals surface area contributed by atoms with Crippen LogP contribution in [0.25, 0.3) is 0 Å². The second-order valence-corrected chi connectivity index (χ2v) is 6.54. The Balaban J connectivity index is 0.